The first-order valence-corrected chi connectivity index (χ1v) is 7.81. The van der Waals surface area contributed by atoms with E-state index in [2.05, 4.69) is 24.4 Å². The van der Waals surface area contributed by atoms with E-state index in [9.17, 15) is 5.11 Å². The van der Waals surface area contributed by atoms with E-state index in [1.807, 2.05) is 12.1 Å². The van der Waals surface area contributed by atoms with Crippen molar-refractivity contribution in [3.63, 3.8) is 0 Å². The molecule has 3 heteroatoms. The summed E-state index contributed by atoms with van der Waals surface area (Å²) in [5.74, 6) is 0.954. The molecular weight excluding hydrogens is 250 g/mol. The Morgan fingerprint density at radius 1 is 1.35 bits per heavy atom. The SMILES string of the molecule is Cc1cccc(OC2CCCC(CO)(NC3CC3)C2)c1. The van der Waals surface area contributed by atoms with E-state index in [1.165, 1.54) is 18.4 Å². The van der Waals surface area contributed by atoms with Crippen molar-refractivity contribution in [3.8, 4) is 5.75 Å². The highest BCUT2D eigenvalue weighted by Crippen LogP contribution is 2.34. The van der Waals surface area contributed by atoms with Gasteiger partial charge in [0.1, 0.15) is 11.9 Å². The monoisotopic (exact) mass is 275 g/mol. The van der Waals surface area contributed by atoms with Crippen LogP contribution < -0.4 is 10.1 Å². The number of benzene rings is 1. The molecule has 0 saturated heterocycles. The van der Waals surface area contributed by atoms with Crippen LogP contribution in [0.15, 0.2) is 24.3 Å². The number of hydrogen-bond acceptors (Lipinski definition) is 3. The Bertz CT molecular complexity index is 458. The second-order valence-corrected chi connectivity index (χ2v) is 6.51. The number of nitrogens with one attached hydrogen (secondary N) is 1. The molecule has 2 saturated carbocycles. The summed E-state index contributed by atoms with van der Waals surface area (Å²) in [5, 5.41) is 13.5. The summed E-state index contributed by atoms with van der Waals surface area (Å²) in [6, 6.07) is 8.86. The molecule has 2 aliphatic rings. The number of aliphatic hydroxyl groups is 1. The fourth-order valence-corrected chi connectivity index (χ4v) is 3.27. The highest BCUT2D eigenvalue weighted by molar-refractivity contribution is 5.27. The molecule has 2 unspecified atom stereocenters. The predicted molar refractivity (Wildman–Crippen MR) is 80.0 cm³/mol. The fourth-order valence-electron chi connectivity index (χ4n) is 3.27. The molecule has 1 aromatic rings. The van der Waals surface area contributed by atoms with Gasteiger partial charge >= 0.3 is 0 Å². The number of aliphatic hydroxyl groups excluding tert-OH is 1. The standard InChI is InChI=1S/C17H25NO2/c1-13-4-2-5-15(10-13)20-16-6-3-9-17(11-16,12-19)18-14-7-8-14/h2,4-5,10,14,16,18-19H,3,6-9,11-12H2,1H3. The number of hydrogen-bond donors (Lipinski definition) is 2. The summed E-state index contributed by atoms with van der Waals surface area (Å²) >= 11 is 0. The molecule has 20 heavy (non-hydrogen) atoms. The summed E-state index contributed by atoms with van der Waals surface area (Å²) in [6.07, 6.45) is 6.90. The van der Waals surface area contributed by atoms with E-state index in [0.29, 0.717) is 6.04 Å². The third-order valence-electron chi connectivity index (χ3n) is 4.48. The minimum atomic E-state index is -0.117. The Balaban J connectivity index is 1.64. The third-order valence-corrected chi connectivity index (χ3v) is 4.48. The van der Waals surface area contributed by atoms with E-state index in [1.54, 1.807) is 0 Å². The van der Waals surface area contributed by atoms with Crippen molar-refractivity contribution in [3.05, 3.63) is 29.8 Å². The number of aryl methyl sites for hydroxylation is 1. The summed E-state index contributed by atoms with van der Waals surface area (Å²) in [7, 11) is 0. The van der Waals surface area contributed by atoms with Gasteiger partial charge in [0.05, 0.1) is 6.61 Å². The van der Waals surface area contributed by atoms with Gasteiger partial charge in [-0.2, -0.15) is 0 Å². The maximum absolute atomic E-state index is 9.83. The Morgan fingerprint density at radius 2 is 2.20 bits per heavy atom. The van der Waals surface area contributed by atoms with Crippen LogP contribution in [0.4, 0.5) is 0 Å². The molecule has 0 aliphatic heterocycles. The van der Waals surface area contributed by atoms with E-state index in [4.69, 9.17) is 4.74 Å². The number of rotatable bonds is 5. The van der Waals surface area contributed by atoms with Gasteiger partial charge in [0, 0.05) is 18.0 Å². The molecule has 0 radical (unpaired) electrons. The first kappa shape index (κ1) is 13.9. The van der Waals surface area contributed by atoms with Crippen LogP contribution in [-0.4, -0.2) is 29.4 Å². The van der Waals surface area contributed by atoms with Crippen molar-refractivity contribution in [2.75, 3.05) is 6.61 Å². The lowest BCUT2D eigenvalue weighted by Crippen LogP contribution is -2.54. The van der Waals surface area contributed by atoms with Crippen LogP contribution in [0.1, 0.15) is 44.1 Å². The van der Waals surface area contributed by atoms with Gasteiger partial charge in [-0.25, -0.2) is 0 Å². The lowest BCUT2D eigenvalue weighted by molar-refractivity contribution is 0.0497. The minimum Gasteiger partial charge on any atom is -0.490 e. The first-order valence-electron chi connectivity index (χ1n) is 7.81. The number of ether oxygens (including phenoxy) is 1. The van der Waals surface area contributed by atoms with Crippen LogP contribution in [-0.2, 0) is 0 Å². The minimum absolute atomic E-state index is 0.117. The Kier molecular flexibility index (Phi) is 3.99. The normalized spacial score (nSPS) is 30.2. The predicted octanol–water partition coefficient (Wildman–Crippen LogP) is 2.80. The summed E-state index contributed by atoms with van der Waals surface area (Å²) < 4.78 is 6.14. The molecule has 0 spiro atoms. The molecule has 3 nitrogen and oxygen atoms in total. The molecule has 2 fully saturated rings. The van der Waals surface area contributed by atoms with Crippen molar-refractivity contribution < 1.29 is 9.84 Å². The van der Waals surface area contributed by atoms with Gasteiger partial charge in [-0.05, 0) is 56.7 Å². The van der Waals surface area contributed by atoms with Crippen molar-refractivity contribution >= 4 is 0 Å². The molecule has 3 rings (SSSR count). The zero-order valence-electron chi connectivity index (χ0n) is 12.3. The molecule has 0 aromatic heterocycles. The van der Waals surface area contributed by atoms with Gasteiger partial charge in [0.2, 0.25) is 0 Å². The highest BCUT2D eigenvalue weighted by atomic mass is 16.5. The molecular formula is C17H25NO2. The summed E-state index contributed by atoms with van der Waals surface area (Å²) in [4.78, 5) is 0. The largest absolute Gasteiger partial charge is 0.490 e. The van der Waals surface area contributed by atoms with Gasteiger partial charge < -0.3 is 15.2 Å². The van der Waals surface area contributed by atoms with E-state index >= 15 is 0 Å². The van der Waals surface area contributed by atoms with Crippen molar-refractivity contribution in [1.82, 2.24) is 5.32 Å². The van der Waals surface area contributed by atoms with Crippen LogP contribution in [0.2, 0.25) is 0 Å². The van der Waals surface area contributed by atoms with Gasteiger partial charge in [-0.3, -0.25) is 0 Å². The van der Waals surface area contributed by atoms with Gasteiger partial charge in [0.15, 0.2) is 0 Å². The second kappa shape index (κ2) is 5.74. The molecule has 1 aromatic carbocycles. The highest BCUT2D eigenvalue weighted by Gasteiger charge is 2.40. The maximum atomic E-state index is 9.83. The molecule has 110 valence electrons. The molecule has 2 aliphatic carbocycles. The van der Waals surface area contributed by atoms with Crippen LogP contribution in [0, 0.1) is 6.92 Å². The van der Waals surface area contributed by atoms with Crippen LogP contribution in [0.25, 0.3) is 0 Å². The fraction of sp³-hybridized carbons (Fsp3) is 0.647. The Hall–Kier alpha value is -1.06. The average Bonchev–Trinajstić information content (AvgIpc) is 3.23. The molecule has 0 bridgehead atoms. The molecule has 0 heterocycles. The van der Waals surface area contributed by atoms with Crippen molar-refractivity contribution in [1.29, 1.82) is 0 Å². The maximum Gasteiger partial charge on any atom is 0.119 e. The zero-order valence-corrected chi connectivity index (χ0v) is 12.3. The van der Waals surface area contributed by atoms with E-state index in [0.717, 1.165) is 31.4 Å². The Morgan fingerprint density at radius 3 is 2.90 bits per heavy atom. The van der Waals surface area contributed by atoms with Crippen molar-refractivity contribution in [2.45, 2.75) is 63.1 Å². The third kappa shape index (κ3) is 3.33. The lowest BCUT2D eigenvalue weighted by Gasteiger charge is -2.40. The zero-order chi connectivity index (χ0) is 14.0. The molecule has 2 atom stereocenters. The van der Waals surface area contributed by atoms with Crippen LogP contribution in [0.5, 0.6) is 5.75 Å². The second-order valence-electron chi connectivity index (χ2n) is 6.51. The van der Waals surface area contributed by atoms with Gasteiger partial charge in [-0.15, -0.1) is 0 Å². The summed E-state index contributed by atoms with van der Waals surface area (Å²) in [6.45, 7) is 2.30. The lowest BCUT2D eigenvalue weighted by atomic mass is 9.80. The van der Waals surface area contributed by atoms with E-state index in [-0.39, 0.29) is 18.2 Å². The summed E-state index contributed by atoms with van der Waals surface area (Å²) in [5.41, 5.74) is 1.11. The first-order chi connectivity index (χ1) is 9.69. The van der Waals surface area contributed by atoms with Gasteiger partial charge in [-0.1, -0.05) is 12.1 Å². The van der Waals surface area contributed by atoms with Gasteiger partial charge in [0.25, 0.3) is 0 Å². The topological polar surface area (TPSA) is 41.5 Å². The van der Waals surface area contributed by atoms with E-state index < -0.39 is 0 Å². The quantitative estimate of drug-likeness (QED) is 0.868. The van der Waals surface area contributed by atoms with Crippen molar-refractivity contribution in [2.24, 2.45) is 0 Å². The molecule has 2 N–H and O–H groups in total. The smallest absolute Gasteiger partial charge is 0.119 e. The average molecular weight is 275 g/mol. The Labute approximate surface area is 121 Å². The molecule has 0 amide bonds. The van der Waals surface area contributed by atoms with Crippen LogP contribution in [0.3, 0.4) is 0 Å². The van der Waals surface area contributed by atoms with Crippen LogP contribution >= 0.6 is 0 Å².